The first-order chi connectivity index (χ1) is 11.7. The van der Waals surface area contributed by atoms with E-state index in [1.54, 1.807) is 12.1 Å². The van der Waals surface area contributed by atoms with Gasteiger partial charge in [-0.05, 0) is 29.3 Å². The molecule has 1 atom stereocenters. The molecule has 0 amide bonds. The van der Waals surface area contributed by atoms with Crippen LogP contribution in [0.25, 0.3) is 0 Å². The summed E-state index contributed by atoms with van der Waals surface area (Å²) >= 11 is 0. The summed E-state index contributed by atoms with van der Waals surface area (Å²) in [7, 11) is 0. The quantitative estimate of drug-likeness (QED) is 0.854. The number of hydrogen-bond acceptors (Lipinski definition) is 4. The lowest BCUT2D eigenvalue weighted by atomic mass is 10.1. The third kappa shape index (κ3) is 4.32. The molecule has 2 aromatic rings. The number of para-hydroxylation sites is 1. The lowest BCUT2D eigenvalue weighted by Crippen LogP contribution is -2.37. The van der Waals surface area contributed by atoms with Crippen LogP contribution >= 0.6 is 0 Å². The summed E-state index contributed by atoms with van der Waals surface area (Å²) in [5.41, 5.74) is 2.98. The van der Waals surface area contributed by atoms with Gasteiger partial charge in [0.1, 0.15) is 5.82 Å². The highest BCUT2D eigenvalue weighted by Crippen LogP contribution is 2.21. The van der Waals surface area contributed by atoms with Gasteiger partial charge in [0.15, 0.2) is 0 Å². The summed E-state index contributed by atoms with van der Waals surface area (Å²) < 4.78 is 18.6. The van der Waals surface area contributed by atoms with Crippen LogP contribution in [0.15, 0.2) is 48.5 Å². The van der Waals surface area contributed by atoms with Gasteiger partial charge in [0.2, 0.25) is 0 Å². The molecule has 1 fully saturated rings. The maximum absolute atomic E-state index is 13.2. The average molecular weight is 330 g/mol. The van der Waals surface area contributed by atoms with Gasteiger partial charge in [-0.2, -0.15) is 0 Å². The Bertz CT molecular complexity index is 659. The number of aliphatic hydroxyl groups excluding tert-OH is 1. The summed E-state index contributed by atoms with van der Waals surface area (Å²) in [6.07, 6.45) is -0.726. The van der Waals surface area contributed by atoms with Gasteiger partial charge in [-0.15, -0.1) is 0 Å². The van der Waals surface area contributed by atoms with Crippen LogP contribution in [-0.2, 0) is 11.3 Å². The van der Waals surface area contributed by atoms with E-state index in [4.69, 9.17) is 4.74 Å². The van der Waals surface area contributed by atoms with Crippen molar-refractivity contribution in [1.82, 2.24) is 5.32 Å². The summed E-state index contributed by atoms with van der Waals surface area (Å²) in [4.78, 5) is 2.32. The van der Waals surface area contributed by atoms with Crippen molar-refractivity contribution in [2.24, 2.45) is 0 Å². The van der Waals surface area contributed by atoms with E-state index in [1.807, 2.05) is 12.1 Å². The van der Waals surface area contributed by atoms with Crippen LogP contribution < -0.4 is 10.2 Å². The molecule has 24 heavy (non-hydrogen) atoms. The summed E-state index contributed by atoms with van der Waals surface area (Å²) in [5, 5.41) is 13.5. The van der Waals surface area contributed by atoms with E-state index in [0.717, 1.165) is 26.3 Å². The van der Waals surface area contributed by atoms with E-state index in [-0.39, 0.29) is 5.82 Å². The smallest absolute Gasteiger partial charge is 0.123 e. The van der Waals surface area contributed by atoms with Crippen molar-refractivity contribution < 1.29 is 14.2 Å². The minimum Gasteiger partial charge on any atom is -0.387 e. The summed E-state index contributed by atoms with van der Waals surface area (Å²) in [5.74, 6) is -0.329. The van der Waals surface area contributed by atoms with Crippen molar-refractivity contribution >= 4 is 5.69 Å². The molecule has 1 heterocycles. The molecule has 1 aliphatic heterocycles. The second-order valence-corrected chi connectivity index (χ2v) is 5.93. The molecule has 0 unspecified atom stereocenters. The van der Waals surface area contributed by atoms with Crippen molar-refractivity contribution in [2.75, 3.05) is 37.7 Å². The molecule has 0 aromatic heterocycles. The normalized spacial score (nSPS) is 16.2. The monoisotopic (exact) mass is 330 g/mol. The Morgan fingerprint density at radius 2 is 1.92 bits per heavy atom. The number of nitrogens with zero attached hydrogens (tertiary/aromatic N) is 1. The Hall–Kier alpha value is -1.95. The van der Waals surface area contributed by atoms with E-state index in [9.17, 15) is 9.50 Å². The van der Waals surface area contributed by atoms with E-state index >= 15 is 0 Å². The van der Waals surface area contributed by atoms with E-state index in [2.05, 4.69) is 22.3 Å². The highest BCUT2D eigenvalue weighted by Gasteiger charge is 2.14. The first-order valence-electron chi connectivity index (χ1n) is 8.29. The molecule has 4 nitrogen and oxygen atoms in total. The van der Waals surface area contributed by atoms with Crippen LogP contribution in [0.2, 0.25) is 0 Å². The highest BCUT2D eigenvalue weighted by atomic mass is 19.1. The molecular weight excluding hydrogens is 307 g/mol. The molecular formula is C19H23FN2O2. The van der Waals surface area contributed by atoms with Crippen LogP contribution in [0, 0.1) is 5.82 Å². The fraction of sp³-hybridized carbons (Fsp3) is 0.368. The van der Waals surface area contributed by atoms with Gasteiger partial charge in [-0.25, -0.2) is 4.39 Å². The molecule has 0 aliphatic carbocycles. The second kappa shape index (κ2) is 8.24. The van der Waals surface area contributed by atoms with Crippen molar-refractivity contribution in [1.29, 1.82) is 0 Å². The first kappa shape index (κ1) is 16.9. The number of halogens is 1. The van der Waals surface area contributed by atoms with Crippen molar-refractivity contribution in [2.45, 2.75) is 12.6 Å². The van der Waals surface area contributed by atoms with Gasteiger partial charge in [0, 0.05) is 31.9 Å². The second-order valence-electron chi connectivity index (χ2n) is 5.93. The zero-order valence-electron chi connectivity index (χ0n) is 13.6. The number of nitrogens with one attached hydrogen (secondary N) is 1. The number of benzene rings is 2. The van der Waals surface area contributed by atoms with Gasteiger partial charge in [0.25, 0.3) is 0 Å². The van der Waals surface area contributed by atoms with Gasteiger partial charge in [0.05, 0.1) is 19.3 Å². The minimum atomic E-state index is -0.726. The van der Waals surface area contributed by atoms with Gasteiger partial charge < -0.3 is 20.1 Å². The topological polar surface area (TPSA) is 44.7 Å². The summed E-state index contributed by atoms with van der Waals surface area (Å²) in [6, 6.07) is 14.4. The molecule has 0 radical (unpaired) electrons. The Balaban J connectivity index is 1.58. The third-order valence-corrected chi connectivity index (χ3v) is 4.23. The molecule has 2 N–H and O–H groups in total. The molecule has 0 bridgehead atoms. The molecule has 128 valence electrons. The number of hydrogen-bond donors (Lipinski definition) is 2. The number of morpholine rings is 1. The van der Waals surface area contributed by atoms with Crippen LogP contribution in [-0.4, -0.2) is 38.0 Å². The summed E-state index contributed by atoms with van der Waals surface area (Å²) in [6.45, 7) is 4.31. The molecule has 0 spiro atoms. The third-order valence-electron chi connectivity index (χ3n) is 4.23. The largest absolute Gasteiger partial charge is 0.387 e. The minimum absolute atomic E-state index is 0.329. The lowest BCUT2D eigenvalue weighted by molar-refractivity contribution is 0.122. The van der Waals surface area contributed by atoms with Gasteiger partial charge in [-0.3, -0.25) is 0 Å². The highest BCUT2D eigenvalue weighted by molar-refractivity contribution is 5.53. The van der Waals surface area contributed by atoms with Crippen molar-refractivity contribution in [3.05, 3.63) is 65.5 Å². The molecule has 5 heteroatoms. The molecule has 3 rings (SSSR count). The predicted molar refractivity (Wildman–Crippen MR) is 92.5 cm³/mol. The standard InChI is InChI=1S/C19H23FN2O2/c20-17-6-3-5-15(12-17)19(23)14-21-13-16-4-1-2-7-18(16)22-8-10-24-11-9-22/h1-7,12,19,21,23H,8-11,13-14H2/t19-/m1/s1. The number of anilines is 1. The Morgan fingerprint density at radius 1 is 1.12 bits per heavy atom. The Morgan fingerprint density at radius 3 is 2.71 bits per heavy atom. The zero-order chi connectivity index (χ0) is 16.8. The van der Waals surface area contributed by atoms with E-state index < -0.39 is 6.10 Å². The average Bonchev–Trinajstić information content (AvgIpc) is 2.63. The van der Waals surface area contributed by atoms with Crippen molar-refractivity contribution in [3.8, 4) is 0 Å². The van der Waals surface area contributed by atoms with Crippen LogP contribution in [0.4, 0.5) is 10.1 Å². The zero-order valence-corrected chi connectivity index (χ0v) is 13.6. The Kier molecular flexibility index (Phi) is 5.80. The number of aliphatic hydroxyl groups is 1. The number of rotatable bonds is 6. The first-order valence-corrected chi connectivity index (χ1v) is 8.29. The molecule has 1 saturated heterocycles. The van der Waals surface area contributed by atoms with Crippen LogP contribution in [0.3, 0.4) is 0 Å². The van der Waals surface area contributed by atoms with Crippen LogP contribution in [0.1, 0.15) is 17.2 Å². The maximum Gasteiger partial charge on any atom is 0.123 e. The number of ether oxygens (including phenoxy) is 1. The predicted octanol–water partition coefficient (Wildman–Crippen LogP) is 2.49. The van der Waals surface area contributed by atoms with E-state index in [1.165, 1.54) is 23.4 Å². The van der Waals surface area contributed by atoms with Gasteiger partial charge >= 0.3 is 0 Å². The fourth-order valence-electron chi connectivity index (χ4n) is 2.95. The SMILES string of the molecule is O[C@H](CNCc1ccccc1N1CCOCC1)c1cccc(F)c1. The van der Waals surface area contributed by atoms with E-state index in [0.29, 0.717) is 18.7 Å². The maximum atomic E-state index is 13.2. The van der Waals surface area contributed by atoms with Gasteiger partial charge in [-0.1, -0.05) is 30.3 Å². The molecule has 2 aromatic carbocycles. The fourth-order valence-corrected chi connectivity index (χ4v) is 2.95. The lowest BCUT2D eigenvalue weighted by Gasteiger charge is -2.30. The van der Waals surface area contributed by atoms with Crippen LogP contribution in [0.5, 0.6) is 0 Å². The Labute approximate surface area is 141 Å². The van der Waals surface area contributed by atoms with Crippen molar-refractivity contribution in [3.63, 3.8) is 0 Å². The molecule has 0 saturated carbocycles. The molecule has 1 aliphatic rings.